The molecule has 0 aliphatic carbocycles. The Morgan fingerprint density at radius 2 is 1.50 bits per heavy atom. The molecular weight excluding hydrogens is 211 g/mol. The second-order valence-electron chi connectivity index (χ2n) is 3.07. The smallest absolute Gasteiger partial charge is 0.345 e. The average molecular weight is 223 g/mol. The van der Waals surface area contributed by atoms with Gasteiger partial charge in [-0.1, -0.05) is 0 Å². The van der Waals surface area contributed by atoms with Crippen LogP contribution in [0.1, 0.15) is 0 Å². The summed E-state index contributed by atoms with van der Waals surface area (Å²) in [4.78, 5) is 8.33. The third-order valence-corrected chi connectivity index (χ3v) is 1.04. The maximum atomic E-state index is 10.0. The molecule has 0 atom stereocenters. The summed E-state index contributed by atoms with van der Waals surface area (Å²) in [6, 6.07) is 0. The van der Waals surface area contributed by atoms with Gasteiger partial charge in [0, 0.05) is 0 Å². The Hall–Kier alpha value is -0.870. The van der Waals surface area contributed by atoms with E-state index in [9.17, 15) is 8.39 Å². The second kappa shape index (κ2) is 6.56. The van der Waals surface area contributed by atoms with Gasteiger partial charge in [0.2, 0.25) is 0 Å². The Kier molecular flexibility index (Phi) is 7.31. The van der Waals surface area contributed by atoms with Gasteiger partial charge >= 0.3 is 7.99 Å². The first-order valence-electron chi connectivity index (χ1n) is 3.51. The van der Waals surface area contributed by atoms with Crippen LogP contribution in [0.25, 0.3) is 0 Å². The molecule has 0 aromatic rings. The van der Waals surface area contributed by atoms with E-state index in [2.05, 4.69) is 11.8 Å². The number of hydrogen-bond acceptors (Lipinski definition) is 2. The predicted octanol–water partition coefficient (Wildman–Crippen LogP) is 0.723. The highest BCUT2D eigenvalue weighted by Gasteiger charge is 2.08. The molecular formula is C8H12F2NO2P. The third-order valence-electron chi connectivity index (χ3n) is 1.04. The van der Waals surface area contributed by atoms with Gasteiger partial charge in [0.1, 0.15) is 13.1 Å². The normalized spacial score (nSPS) is 10.5. The molecule has 0 saturated heterocycles. The number of quaternary nitrogens is 1. The molecule has 0 bridgehead atoms. The molecule has 0 spiro atoms. The molecule has 0 fully saturated rings. The van der Waals surface area contributed by atoms with E-state index < -0.39 is 7.99 Å². The molecule has 3 nitrogen and oxygen atoms in total. The Balaban J connectivity index is 0. The Morgan fingerprint density at radius 1 is 1.29 bits per heavy atom. The molecule has 0 radical (unpaired) electrons. The van der Waals surface area contributed by atoms with E-state index in [-0.39, 0.29) is 0 Å². The topological polar surface area (TPSA) is 40.1 Å². The summed E-state index contributed by atoms with van der Waals surface area (Å²) in [5.41, 5.74) is 0. The molecule has 80 valence electrons. The van der Waals surface area contributed by atoms with Crippen molar-refractivity contribution in [2.24, 2.45) is 0 Å². The highest BCUT2D eigenvalue weighted by atomic mass is 31.2. The fraction of sp³-hybridized carbons (Fsp3) is 0.500. The van der Waals surface area contributed by atoms with Gasteiger partial charge in [-0.05, 0) is 11.8 Å². The molecule has 14 heavy (non-hydrogen) atoms. The quantitative estimate of drug-likeness (QED) is 0.393. The zero-order valence-corrected chi connectivity index (χ0v) is 8.93. The van der Waals surface area contributed by atoms with Crippen LogP contribution in [0, 0.1) is 24.7 Å². The molecule has 0 saturated carbocycles. The van der Waals surface area contributed by atoms with Crippen LogP contribution in [0.3, 0.4) is 0 Å². The van der Waals surface area contributed by atoms with Crippen molar-refractivity contribution in [2.45, 2.75) is 0 Å². The Labute approximate surface area is 83.0 Å². The number of rotatable bonds is 2. The van der Waals surface area contributed by atoms with Crippen molar-refractivity contribution in [2.75, 3.05) is 27.2 Å². The second-order valence-corrected chi connectivity index (χ2v) is 3.90. The third kappa shape index (κ3) is 22.5. The van der Waals surface area contributed by atoms with Crippen molar-refractivity contribution in [3.05, 3.63) is 0 Å². The summed E-state index contributed by atoms with van der Waals surface area (Å²) in [6.07, 6.45) is 10.2. The van der Waals surface area contributed by atoms with E-state index in [1.54, 1.807) is 0 Å². The molecule has 0 aliphatic heterocycles. The largest absolute Gasteiger partial charge is 0.749 e. The van der Waals surface area contributed by atoms with E-state index in [1.165, 1.54) is 0 Å². The first kappa shape index (κ1) is 15.6. The van der Waals surface area contributed by atoms with Crippen molar-refractivity contribution in [3.63, 3.8) is 0 Å². The summed E-state index contributed by atoms with van der Waals surface area (Å²) in [5.74, 6) is 5.14. The zero-order valence-electron chi connectivity index (χ0n) is 8.04. The minimum absolute atomic E-state index is 0.699. The number of nitrogens with zero attached hydrogens (tertiary/aromatic N) is 1. The van der Waals surface area contributed by atoms with Gasteiger partial charge in [0.15, 0.2) is 0 Å². The highest BCUT2D eigenvalue weighted by Crippen LogP contribution is 2.37. The van der Waals surface area contributed by atoms with Crippen molar-refractivity contribution in [1.82, 2.24) is 0 Å². The molecule has 0 amide bonds. The van der Waals surface area contributed by atoms with Crippen molar-refractivity contribution >= 4 is 7.99 Å². The van der Waals surface area contributed by atoms with Crippen molar-refractivity contribution in [1.29, 1.82) is 0 Å². The van der Waals surface area contributed by atoms with Crippen LogP contribution < -0.4 is 4.89 Å². The summed E-state index contributed by atoms with van der Waals surface area (Å²) in [6.45, 7) is 1.40. The average Bonchev–Trinajstić information content (AvgIpc) is 1.81. The standard InChI is InChI=1S/C8H12N.F2HO2P/c1-5-7-9(3,4)8-6-2;1-5(2,3)4/h1-2H,7-8H2,3-4H3;(H,3,4)/q+1;/p-1. The highest BCUT2D eigenvalue weighted by molar-refractivity contribution is 7.44. The van der Waals surface area contributed by atoms with Gasteiger partial charge in [-0.15, -0.1) is 12.8 Å². The van der Waals surface area contributed by atoms with E-state index >= 15 is 0 Å². The monoisotopic (exact) mass is 223 g/mol. The van der Waals surface area contributed by atoms with E-state index in [4.69, 9.17) is 22.3 Å². The molecule has 0 aromatic carbocycles. The molecule has 0 aromatic heterocycles. The van der Waals surface area contributed by atoms with Crippen LogP contribution in [-0.2, 0) is 4.57 Å². The van der Waals surface area contributed by atoms with Gasteiger partial charge in [0.05, 0.1) is 14.1 Å². The van der Waals surface area contributed by atoms with Crippen LogP contribution >= 0.6 is 7.99 Å². The minimum atomic E-state index is -5.89. The van der Waals surface area contributed by atoms with E-state index in [1.807, 2.05) is 14.1 Å². The van der Waals surface area contributed by atoms with E-state index in [0.29, 0.717) is 17.6 Å². The van der Waals surface area contributed by atoms with Gasteiger partial charge in [-0.2, -0.15) is 8.39 Å². The summed E-state index contributed by atoms with van der Waals surface area (Å²) in [7, 11) is -1.86. The summed E-state index contributed by atoms with van der Waals surface area (Å²) >= 11 is 0. The van der Waals surface area contributed by atoms with E-state index in [0.717, 1.165) is 0 Å². The van der Waals surface area contributed by atoms with Gasteiger partial charge < -0.3 is 9.38 Å². The fourth-order valence-electron chi connectivity index (χ4n) is 0.550. The lowest BCUT2D eigenvalue weighted by Crippen LogP contribution is -2.39. The van der Waals surface area contributed by atoms with Gasteiger partial charge in [-0.25, -0.2) is 0 Å². The maximum Gasteiger partial charge on any atom is 0.345 e. The first-order valence-corrected chi connectivity index (χ1v) is 4.92. The first-order chi connectivity index (χ1) is 6.12. The lowest BCUT2D eigenvalue weighted by molar-refractivity contribution is -0.875. The molecule has 0 unspecified atom stereocenters. The molecule has 0 aliphatic rings. The molecule has 0 N–H and O–H groups in total. The van der Waals surface area contributed by atoms with Crippen LogP contribution in [0.5, 0.6) is 0 Å². The lowest BCUT2D eigenvalue weighted by atomic mass is 10.4. The van der Waals surface area contributed by atoms with Crippen LogP contribution in [0.15, 0.2) is 0 Å². The molecule has 0 heterocycles. The van der Waals surface area contributed by atoms with Gasteiger partial charge in [-0.3, -0.25) is 4.57 Å². The molecule has 0 rings (SSSR count). The fourth-order valence-corrected chi connectivity index (χ4v) is 0.550. The lowest BCUT2D eigenvalue weighted by Gasteiger charge is -2.24. The number of terminal acetylenes is 2. The summed E-state index contributed by atoms with van der Waals surface area (Å²) in [5, 5.41) is 0. The number of halogens is 2. The SMILES string of the molecule is C#CC[N+](C)(C)CC#C.O=P([O-])(F)F. The van der Waals surface area contributed by atoms with Crippen LogP contribution in [0.2, 0.25) is 0 Å². The van der Waals surface area contributed by atoms with Gasteiger partial charge in [0.25, 0.3) is 0 Å². The maximum absolute atomic E-state index is 10.0. The van der Waals surface area contributed by atoms with Crippen LogP contribution in [0.4, 0.5) is 8.39 Å². The van der Waals surface area contributed by atoms with Crippen molar-refractivity contribution < 1.29 is 22.3 Å². The van der Waals surface area contributed by atoms with Crippen LogP contribution in [-0.4, -0.2) is 31.7 Å². The Morgan fingerprint density at radius 3 is 1.64 bits per heavy atom. The summed E-state index contributed by atoms with van der Waals surface area (Å²) < 4.78 is 29.1. The zero-order chi connectivity index (χ0) is 11.8. The predicted molar refractivity (Wildman–Crippen MR) is 49.3 cm³/mol. The number of hydrogen-bond donors (Lipinski definition) is 0. The Bertz CT molecular complexity index is 258. The van der Waals surface area contributed by atoms with Crippen molar-refractivity contribution in [3.8, 4) is 24.7 Å². The minimum Gasteiger partial charge on any atom is -0.749 e. The molecule has 6 heteroatoms.